The molecule has 114 valence electrons. The fourth-order valence-electron chi connectivity index (χ4n) is 2.55. The van der Waals surface area contributed by atoms with Gasteiger partial charge in [-0.2, -0.15) is 0 Å². The quantitative estimate of drug-likeness (QED) is 0.669. The first-order valence-corrected chi connectivity index (χ1v) is 7.03. The van der Waals surface area contributed by atoms with Crippen LogP contribution in [0, 0.1) is 0 Å². The van der Waals surface area contributed by atoms with Crippen molar-refractivity contribution in [1.29, 1.82) is 0 Å². The predicted molar refractivity (Wildman–Crippen MR) is 79.2 cm³/mol. The third kappa shape index (κ3) is 2.95. The summed E-state index contributed by atoms with van der Waals surface area (Å²) in [5, 5.41) is 22.6. The van der Waals surface area contributed by atoms with Crippen molar-refractivity contribution in [2.75, 3.05) is 13.1 Å². The highest BCUT2D eigenvalue weighted by molar-refractivity contribution is 5.92. The monoisotopic (exact) mass is 300 g/mol. The van der Waals surface area contributed by atoms with Crippen LogP contribution >= 0.6 is 0 Å². The lowest BCUT2D eigenvalue weighted by molar-refractivity contribution is -0.124. The lowest BCUT2D eigenvalue weighted by atomic mass is 10.1. The summed E-state index contributed by atoms with van der Waals surface area (Å²) in [5.74, 6) is -0.257. The smallest absolute Gasteiger partial charge is 0.246 e. The lowest BCUT2D eigenvalue weighted by Crippen LogP contribution is -2.26. The fourth-order valence-corrected chi connectivity index (χ4v) is 2.55. The maximum Gasteiger partial charge on any atom is 0.246 e. The van der Waals surface area contributed by atoms with Crippen LogP contribution in [0.1, 0.15) is 23.6 Å². The van der Waals surface area contributed by atoms with E-state index in [-0.39, 0.29) is 23.3 Å². The number of likely N-dealkylation sites (tertiary alicyclic amines) is 1. The van der Waals surface area contributed by atoms with Crippen molar-refractivity contribution in [1.82, 2.24) is 10.1 Å². The Bertz CT molecular complexity index is 694. The largest absolute Gasteiger partial charge is 0.504 e. The highest BCUT2D eigenvalue weighted by Gasteiger charge is 2.27. The molecule has 2 N–H and O–H groups in total. The lowest BCUT2D eigenvalue weighted by Gasteiger charge is -2.13. The Morgan fingerprint density at radius 1 is 1.32 bits per heavy atom. The van der Waals surface area contributed by atoms with Crippen molar-refractivity contribution >= 4 is 12.0 Å². The van der Waals surface area contributed by atoms with Gasteiger partial charge in [-0.1, -0.05) is 11.2 Å². The van der Waals surface area contributed by atoms with Gasteiger partial charge in [0.05, 0.1) is 5.69 Å². The van der Waals surface area contributed by atoms with Gasteiger partial charge in [0.15, 0.2) is 11.5 Å². The Kier molecular flexibility index (Phi) is 3.82. The van der Waals surface area contributed by atoms with Crippen LogP contribution in [0.3, 0.4) is 0 Å². The molecule has 2 heterocycles. The van der Waals surface area contributed by atoms with Gasteiger partial charge in [-0.05, 0) is 30.2 Å². The Balaban J connectivity index is 1.62. The molecule has 1 aromatic heterocycles. The highest BCUT2D eigenvalue weighted by Crippen LogP contribution is 2.27. The molecular weight excluding hydrogens is 284 g/mol. The normalized spacial score (nSPS) is 18.2. The van der Waals surface area contributed by atoms with Gasteiger partial charge in [-0.25, -0.2) is 0 Å². The van der Waals surface area contributed by atoms with E-state index in [0.29, 0.717) is 18.7 Å². The molecular formula is C16H16N2O4. The molecule has 22 heavy (non-hydrogen) atoms. The minimum Gasteiger partial charge on any atom is -0.504 e. The number of hydrogen-bond acceptors (Lipinski definition) is 5. The summed E-state index contributed by atoms with van der Waals surface area (Å²) >= 11 is 0. The van der Waals surface area contributed by atoms with Crippen LogP contribution in [0.5, 0.6) is 11.5 Å². The number of carbonyl (C=O) groups excluding carboxylic acids is 1. The molecule has 3 rings (SSSR count). The zero-order valence-corrected chi connectivity index (χ0v) is 11.8. The van der Waals surface area contributed by atoms with Crippen LogP contribution in [-0.2, 0) is 4.79 Å². The van der Waals surface area contributed by atoms with E-state index >= 15 is 0 Å². The van der Waals surface area contributed by atoms with Gasteiger partial charge in [0.1, 0.15) is 6.26 Å². The average molecular weight is 300 g/mol. The topological polar surface area (TPSA) is 86.8 Å². The molecule has 0 radical (unpaired) electrons. The number of amides is 1. The summed E-state index contributed by atoms with van der Waals surface area (Å²) in [6.45, 7) is 1.30. The second-order valence-corrected chi connectivity index (χ2v) is 5.28. The highest BCUT2D eigenvalue weighted by atomic mass is 16.5. The fraction of sp³-hybridized carbons (Fsp3) is 0.250. The van der Waals surface area contributed by atoms with Gasteiger partial charge in [0.25, 0.3) is 0 Å². The number of phenolic OH excluding ortho intramolecular Hbond substituents is 2. The molecule has 6 nitrogen and oxygen atoms in total. The summed E-state index contributed by atoms with van der Waals surface area (Å²) in [6.07, 6.45) is 5.49. The third-order valence-corrected chi connectivity index (χ3v) is 3.79. The van der Waals surface area contributed by atoms with E-state index in [9.17, 15) is 15.0 Å². The van der Waals surface area contributed by atoms with Crippen molar-refractivity contribution in [3.05, 3.63) is 47.9 Å². The number of carbonyl (C=O) groups is 1. The molecule has 2 aromatic rings. The summed E-state index contributed by atoms with van der Waals surface area (Å²) < 4.78 is 4.84. The Morgan fingerprint density at radius 2 is 2.18 bits per heavy atom. The second-order valence-electron chi connectivity index (χ2n) is 5.28. The van der Waals surface area contributed by atoms with E-state index in [4.69, 9.17) is 4.52 Å². The molecule has 1 aliphatic heterocycles. The van der Waals surface area contributed by atoms with Gasteiger partial charge in [-0.15, -0.1) is 0 Å². The maximum absolute atomic E-state index is 12.2. The molecule has 1 unspecified atom stereocenters. The molecule has 1 fully saturated rings. The Hall–Kier alpha value is -2.76. The molecule has 1 amide bonds. The standard InChI is InChI=1S/C16H16N2O4/c19-14-3-1-11(9-15(14)20)2-4-16(21)18-7-5-12(10-18)13-6-8-22-17-13/h1-4,6,8-9,12,19-20H,5,7,10H2. The zero-order valence-electron chi connectivity index (χ0n) is 11.8. The molecule has 0 spiro atoms. The Morgan fingerprint density at radius 3 is 2.91 bits per heavy atom. The molecule has 1 aliphatic rings. The minimum atomic E-state index is -0.207. The van der Waals surface area contributed by atoms with Gasteiger partial charge in [0, 0.05) is 31.1 Å². The summed E-state index contributed by atoms with van der Waals surface area (Å²) in [5.41, 5.74) is 1.53. The number of phenols is 2. The summed E-state index contributed by atoms with van der Waals surface area (Å²) in [7, 11) is 0. The summed E-state index contributed by atoms with van der Waals surface area (Å²) in [4.78, 5) is 13.9. The van der Waals surface area contributed by atoms with E-state index in [2.05, 4.69) is 5.16 Å². The first-order chi connectivity index (χ1) is 10.6. The van der Waals surface area contributed by atoms with Crippen molar-refractivity contribution in [3.63, 3.8) is 0 Å². The van der Waals surface area contributed by atoms with Gasteiger partial charge >= 0.3 is 0 Å². The first-order valence-electron chi connectivity index (χ1n) is 7.03. The van der Waals surface area contributed by atoms with Crippen LogP contribution in [0.25, 0.3) is 6.08 Å². The van der Waals surface area contributed by atoms with Crippen molar-refractivity contribution in [2.24, 2.45) is 0 Å². The molecule has 0 bridgehead atoms. The van der Waals surface area contributed by atoms with E-state index in [1.54, 1.807) is 17.0 Å². The van der Waals surface area contributed by atoms with Crippen molar-refractivity contribution in [3.8, 4) is 11.5 Å². The molecule has 1 saturated heterocycles. The molecule has 1 atom stereocenters. The van der Waals surface area contributed by atoms with Crippen LogP contribution < -0.4 is 0 Å². The van der Waals surface area contributed by atoms with Crippen LogP contribution in [-0.4, -0.2) is 39.3 Å². The van der Waals surface area contributed by atoms with Gasteiger partial charge in [-0.3, -0.25) is 4.79 Å². The SMILES string of the molecule is O=C(C=Cc1ccc(O)c(O)c1)N1CCC(c2ccon2)C1. The van der Waals surface area contributed by atoms with Crippen LogP contribution in [0.15, 0.2) is 41.1 Å². The first kappa shape index (κ1) is 14.2. The predicted octanol–water partition coefficient (Wildman–Crippen LogP) is 2.12. The van der Waals surface area contributed by atoms with E-state index in [1.807, 2.05) is 6.07 Å². The number of benzene rings is 1. The second kappa shape index (κ2) is 5.93. The third-order valence-electron chi connectivity index (χ3n) is 3.79. The number of aromatic hydroxyl groups is 2. The minimum absolute atomic E-state index is 0.0847. The van der Waals surface area contributed by atoms with E-state index < -0.39 is 0 Å². The van der Waals surface area contributed by atoms with Crippen molar-refractivity contribution in [2.45, 2.75) is 12.3 Å². The number of aromatic nitrogens is 1. The van der Waals surface area contributed by atoms with Gasteiger partial charge in [0.2, 0.25) is 5.91 Å². The van der Waals surface area contributed by atoms with E-state index in [0.717, 1.165) is 12.1 Å². The molecule has 0 saturated carbocycles. The number of hydrogen-bond donors (Lipinski definition) is 2. The average Bonchev–Trinajstić information content (AvgIpc) is 3.18. The van der Waals surface area contributed by atoms with E-state index in [1.165, 1.54) is 24.5 Å². The zero-order chi connectivity index (χ0) is 15.5. The van der Waals surface area contributed by atoms with Gasteiger partial charge < -0.3 is 19.6 Å². The maximum atomic E-state index is 12.2. The molecule has 1 aromatic carbocycles. The van der Waals surface area contributed by atoms with Crippen molar-refractivity contribution < 1.29 is 19.5 Å². The Labute approximate surface area is 127 Å². The van der Waals surface area contributed by atoms with Crippen LogP contribution in [0.4, 0.5) is 0 Å². The van der Waals surface area contributed by atoms with Crippen LogP contribution in [0.2, 0.25) is 0 Å². The number of rotatable bonds is 3. The molecule has 0 aliphatic carbocycles. The number of nitrogens with zero attached hydrogens (tertiary/aromatic N) is 2. The summed E-state index contributed by atoms with van der Waals surface area (Å²) in [6, 6.07) is 6.24. The molecule has 6 heteroatoms.